The number of hydrogen-bond acceptors (Lipinski definition) is 7. The number of benzene rings is 1. The molecule has 34 heavy (non-hydrogen) atoms. The van der Waals surface area contributed by atoms with Crippen LogP contribution in [0.3, 0.4) is 0 Å². The van der Waals surface area contributed by atoms with E-state index in [2.05, 4.69) is 31.6 Å². The molecule has 178 valence electrons. The summed E-state index contributed by atoms with van der Waals surface area (Å²) >= 11 is 0. The van der Waals surface area contributed by atoms with E-state index in [9.17, 15) is 29.0 Å². The van der Waals surface area contributed by atoms with Crippen molar-refractivity contribution in [3.05, 3.63) is 29.8 Å². The molecule has 2 heterocycles. The first-order chi connectivity index (χ1) is 15.8. The van der Waals surface area contributed by atoms with Crippen LogP contribution in [0.5, 0.6) is 5.75 Å². The van der Waals surface area contributed by atoms with Crippen molar-refractivity contribution in [3.63, 3.8) is 0 Å². The topological polar surface area (TPSA) is 123 Å². The minimum absolute atomic E-state index is 0.118. The van der Waals surface area contributed by atoms with Gasteiger partial charge in [-0.25, -0.2) is 0 Å². The van der Waals surface area contributed by atoms with Gasteiger partial charge in [0.25, 0.3) is 0 Å². The van der Waals surface area contributed by atoms with Crippen molar-refractivity contribution < 1.29 is 27.4 Å². The first kappa shape index (κ1) is 23.9. The maximum atomic E-state index is 12.6. The number of alkyl halides is 3. The summed E-state index contributed by atoms with van der Waals surface area (Å²) in [4.78, 5) is 0. The van der Waals surface area contributed by atoms with E-state index in [1.165, 1.54) is 12.1 Å². The molecule has 7 nitrogen and oxygen atoms in total. The minimum atomic E-state index is -4.88. The first-order valence-electron chi connectivity index (χ1n) is 10.8. The number of nitrogens with one attached hydrogen (secondary N) is 1. The fourth-order valence-electron chi connectivity index (χ4n) is 5.77. The molecular weight excluding hydrogens is 449 g/mol. The third-order valence-electron chi connectivity index (χ3n) is 7.55. The fourth-order valence-corrected chi connectivity index (χ4v) is 5.77. The third-order valence-corrected chi connectivity index (χ3v) is 7.55. The molecule has 5 unspecified atom stereocenters. The molecule has 1 aromatic carbocycles. The molecule has 4 rings (SSSR count). The van der Waals surface area contributed by atoms with Crippen molar-refractivity contribution in [3.8, 4) is 24.0 Å². The molecule has 1 aromatic rings. The molecule has 5 atom stereocenters. The van der Waals surface area contributed by atoms with Crippen LogP contribution in [0, 0.1) is 67.5 Å². The lowest BCUT2D eigenvalue weighted by molar-refractivity contribution is -0.301. The Morgan fingerprint density at radius 2 is 1.68 bits per heavy atom. The molecular formula is C24H23F3N4O3. The summed E-state index contributed by atoms with van der Waals surface area (Å²) in [5, 5.41) is 39.6. The summed E-state index contributed by atoms with van der Waals surface area (Å²) < 4.78 is 53.8. The predicted octanol–water partition coefficient (Wildman–Crippen LogP) is 5.37. The maximum Gasteiger partial charge on any atom is 0.573 e. The van der Waals surface area contributed by atoms with Gasteiger partial charge in [-0.1, -0.05) is 32.9 Å². The Morgan fingerprint density at radius 1 is 1.06 bits per heavy atom. The molecule has 2 aliphatic heterocycles. The van der Waals surface area contributed by atoms with E-state index in [1.54, 1.807) is 0 Å². The van der Waals surface area contributed by atoms with Crippen molar-refractivity contribution in [1.29, 1.82) is 21.2 Å². The zero-order chi connectivity index (χ0) is 25.2. The molecule has 2 bridgehead atoms. The van der Waals surface area contributed by atoms with Gasteiger partial charge in [0.05, 0.1) is 24.1 Å². The van der Waals surface area contributed by atoms with Gasteiger partial charge >= 0.3 is 6.36 Å². The standard InChI is InChI=1S/C24H23F3N4O3/c1-20(2,3)15-8-9-23-17(10-15)22(13-30,19(31)34-23)21(11-28,12-29)18(33-23)14-4-6-16(7-5-14)32-24(25,26)27/h4-7,15,17-18,31H,8-10H2,1-3H3. The summed E-state index contributed by atoms with van der Waals surface area (Å²) in [5.74, 6) is -2.91. The van der Waals surface area contributed by atoms with Crippen LogP contribution in [0.25, 0.3) is 0 Å². The van der Waals surface area contributed by atoms with Crippen molar-refractivity contribution in [2.75, 3.05) is 0 Å². The van der Waals surface area contributed by atoms with Crippen LogP contribution in [-0.4, -0.2) is 18.0 Å². The fraction of sp³-hybridized carbons (Fsp3) is 0.583. The van der Waals surface area contributed by atoms with Crippen LogP contribution >= 0.6 is 0 Å². The van der Waals surface area contributed by atoms with E-state index in [0.29, 0.717) is 19.3 Å². The van der Waals surface area contributed by atoms with Gasteiger partial charge in [-0.05, 0) is 41.9 Å². The highest BCUT2D eigenvalue weighted by Crippen LogP contribution is 2.70. The van der Waals surface area contributed by atoms with E-state index in [0.717, 1.165) is 12.1 Å². The van der Waals surface area contributed by atoms with Gasteiger partial charge in [0.15, 0.2) is 5.41 Å². The maximum absolute atomic E-state index is 12.6. The smallest absolute Gasteiger partial charge is 0.447 e. The van der Waals surface area contributed by atoms with Crippen LogP contribution < -0.4 is 4.74 Å². The van der Waals surface area contributed by atoms with Crippen LogP contribution in [0.1, 0.15) is 51.7 Å². The molecule has 0 radical (unpaired) electrons. The molecule has 2 saturated heterocycles. The summed E-state index contributed by atoms with van der Waals surface area (Å²) in [6, 6.07) is 10.7. The first-order valence-corrected chi connectivity index (χ1v) is 10.8. The Bertz CT molecular complexity index is 1120. The summed E-state index contributed by atoms with van der Waals surface area (Å²) in [6.45, 7) is 6.21. The second-order valence-corrected chi connectivity index (χ2v) is 10.2. The highest BCUT2D eigenvalue weighted by atomic mass is 19.4. The van der Waals surface area contributed by atoms with Crippen molar-refractivity contribution in [2.45, 2.75) is 58.3 Å². The number of hydrogen-bond donors (Lipinski definition) is 1. The molecule has 1 saturated carbocycles. The average Bonchev–Trinajstić information content (AvgIpc) is 2.96. The van der Waals surface area contributed by atoms with Crippen molar-refractivity contribution >= 4 is 5.90 Å². The van der Waals surface area contributed by atoms with Crippen molar-refractivity contribution in [2.24, 2.45) is 28.1 Å². The third kappa shape index (κ3) is 3.15. The zero-order valence-electron chi connectivity index (χ0n) is 18.9. The highest BCUT2D eigenvalue weighted by molar-refractivity contribution is 5.89. The summed E-state index contributed by atoms with van der Waals surface area (Å²) in [6.07, 6.45) is -4.74. The summed E-state index contributed by atoms with van der Waals surface area (Å²) in [5.41, 5.74) is -3.96. The summed E-state index contributed by atoms with van der Waals surface area (Å²) in [7, 11) is 0. The van der Waals surface area contributed by atoms with Gasteiger partial charge in [0.1, 0.15) is 11.9 Å². The highest BCUT2D eigenvalue weighted by Gasteiger charge is 2.81. The Balaban J connectivity index is 1.84. The van der Waals surface area contributed by atoms with Gasteiger partial charge in [0.2, 0.25) is 17.1 Å². The molecule has 0 aromatic heterocycles. The number of ether oxygens (including phenoxy) is 3. The normalized spacial score (nSPS) is 34.1. The number of rotatable bonds is 2. The van der Waals surface area contributed by atoms with Crippen LogP contribution in [0.15, 0.2) is 24.3 Å². The zero-order valence-corrected chi connectivity index (χ0v) is 18.9. The number of nitrogens with zero attached hydrogens (tertiary/aromatic N) is 3. The lowest BCUT2D eigenvalue weighted by Crippen LogP contribution is -2.61. The lowest BCUT2D eigenvalue weighted by atomic mass is 9.49. The minimum Gasteiger partial charge on any atom is -0.447 e. The van der Waals surface area contributed by atoms with E-state index in [1.807, 2.05) is 12.1 Å². The van der Waals surface area contributed by atoms with Crippen LogP contribution in [0.2, 0.25) is 0 Å². The lowest BCUT2D eigenvalue weighted by Gasteiger charge is -2.54. The van der Waals surface area contributed by atoms with E-state index >= 15 is 0 Å². The second-order valence-electron chi connectivity index (χ2n) is 10.2. The Hall–Kier alpha value is -3.29. The molecule has 0 spiro atoms. The monoisotopic (exact) mass is 472 g/mol. The Labute approximate surface area is 195 Å². The Morgan fingerprint density at radius 3 is 2.18 bits per heavy atom. The molecule has 1 N–H and O–H groups in total. The molecule has 3 aliphatic rings. The molecule has 3 fully saturated rings. The van der Waals surface area contributed by atoms with Gasteiger partial charge in [-0.15, -0.1) is 13.2 Å². The Kier molecular flexibility index (Phi) is 5.16. The van der Waals surface area contributed by atoms with E-state index in [4.69, 9.17) is 14.9 Å². The molecule has 0 amide bonds. The van der Waals surface area contributed by atoms with E-state index < -0.39 is 46.6 Å². The number of halogens is 3. The SMILES string of the molecule is CC(C)(C)C1CCC23OC(=N)C(C#N)(C2C1)C(C#N)(C#N)C(c1ccc(OC(F)(F)F)cc1)O3. The molecule has 10 heteroatoms. The quantitative estimate of drug-likeness (QED) is 0.618. The van der Waals surface area contributed by atoms with E-state index in [-0.39, 0.29) is 16.9 Å². The average molecular weight is 472 g/mol. The second kappa shape index (κ2) is 7.35. The largest absolute Gasteiger partial charge is 0.573 e. The van der Waals surface area contributed by atoms with Crippen LogP contribution in [0.4, 0.5) is 13.2 Å². The van der Waals surface area contributed by atoms with Gasteiger partial charge in [-0.3, -0.25) is 5.41 Å². The van der Waals surface area contributed by atoms with Gasteiger partial charge in [0, 0.05) is 6.42 Å². The predicted molar refractivity (Wildman–Crippen MR) is 110 cm³/mol. The van der Waals surface area contributed by atoms with Gasteiger partial charge in [-0.2, -0.15) is 15.8 Å². The molecule has 1 aliphatic carbocycles. The van der Waals surface area contributed by atoms with Crippen LogP contribution in [-0.2, 0) is 9.47 Å². The van der Waals surface area contributed by atoms with Crippen molar-refractivity contribution in [1.82, 2.24) is 0 Å². The van der Waals surface area contributed by atoms with Gasteiger partial charge < -0.3 is 14.2 Å². The number of nitriles is 3.